The Bertz CT molecular complexity index is 773. The molecule has 2 heterocycles. The molecule has 0 radical (unpaired) electrons. The molecule has 0 amide bonds. The van der Waals surface area contributed by atoms with Crippen molar-refractivity contribution in [3.63, 3.8) is 0 Å². The average Bonchev–Trinajstić information content (AvgIpc) is 2.71. The predicted octanol–water partition coefficient (Wildman–Crippen LogP) is 2.20. The molecule has 0 aliphatic heterocycles. The summed E-state index contributed by atoms with van der Waals surface area (Å²) in [6.07, 6.45) is 0. The van der Waals surface area contributed by atoms with Gasteiger partial charge in [0.2, 0.25) is 0 Å². The second-order valence-corrected chi connectivity index (χ2v) is 5.61. The smallest absolute Gasteiger partial charge is 0.257 e. The monoisotopic (exact) mass is 259 g/mol. The molecule has 0 saturated carbocycles. The molecule has 1 aromatic carbocycles. The van der Waals surface area contributed by atoms with Crippen LogP contribution in [0.15, 0.2) is 29.1 Å². The van der Waals surface area contributed by atoms with E-state index >= 15 is 0 Å². The molecule has 0 aliphatic carbocycles. The third-order valence-corrected chi connectivity index (χ3v) is 3.73. The van der Waals surface area contributed by atoms with E-state index in [0.717, 1.165) is 27.3 Å². The molecule has 3 aromatic rings. The van der Waals surface area contributed by atoms with Gasteiger partial charge < -0.3 is 9.88 Å². The number of nitrogens with zero attached hydrogens (tertiary/aromatic N) is 2. The van der Waals surface area contributed by atoms with E-state index in [1.165, 1.54) is 0 Å². The predicted molar refractivity (Wildman–Crippen MR) is 75.1 cm³/mol. The number of fused-ring (bicyclic) bond motifs is 3. The highest BCUT2D eigenvalue weighted by Gasteiger charge is 2.10. The second kappa shape index (κ2) is 4.19. The van der Waals surface area contributed by atoms with Crippen molar-refractivity contribution in [3.8, 4) is 0 Å². The van der Waals surface area contributed by atoms with Crippen molar-refractivity contribution in [2.24, 2.45) is 0 Å². The highest BCUT2D eigenvalue weighted by atomic mass is 32.1. The van der Waals surface area contributed by atoms with Gasteiger partial charge in [0.25, 0.3) is 5.56 Å². The number of hydrogen-bond acceptors (Lipinski definition) is 4. The zero-order valence-corrected chi connectivity index (χ0v) is 11.0. The van der Waals surface area contributed by atoms with Gasteiger partial charge in [0.05, 0.1) is 0 Å². The number of hydrogen-bond donors (Lipinski definition) is 1. The zero-order chi connectivity index (χ0) is 12.7. The Morgan fingerprint density at radius 1 is 1.28 bits per heavy atom. The van der Waals surface area contributed by atoms with E-state index in [0.29, 0.717) is 5.39 Å². The Hall–Kier alpha value is -1.72. The lowest BCUT2D eigenvalue weighted by Crippen LogP contribution is -2.10. The lowest BCUT2D eigenvalue weighted by atomic mass is 10.1. The van der Waals surface area contributed by atoms with Crippen molar-refractivity contribution in [1.29, 1.82) is 0 Å². The van der Waals surface area contributed by atoms with Gasteiger partial charge in [-0.15, -0.1) is 0 Å². The van der Waals surface area contributed by atoms with E-state index in [4.69, 9.17) is 0 Å². The van der Waals surface area contributed by atoms with Crippen LogP contribution in [0.1, 0.15) is 5.01 Å². The molecule has 0 unspecified atom stereocenters. The summed E-state index contributed by atoms with van der Waals surface area (Å²) >= 11 is 1.55. The minimum atomic E-state index is -0.0434. The minimum absolute atomic E-state index is 0.0434. The lowest BCUT2D eigenvalue weighted by Gasteiger charge is -2.04. The van der Waals surface area contributed by atoms with Crippen molar-refractivity contribution in [3.05, 3.63) is 39.6 Å². The number of aromatic amines is 1. The van der Waals surface area contributed by atoms with Gasteiger partial charge in [0.1, 0.15) is 15.4 Å². The third-order valence-electron chi connectivity index (χ3n) is 2.78. The molecule has 0 fully saturated rings. The van der Waals surface area contributed by atoms with Crippen LogP contribution in [0.4, 0.5) is 0 Å². The quantitative estimate of drug-likeness (QED) is 0.767. The second-order valence-electron chi connectivity index (χ2n) is 4.52. The molecular weight excluding hydrogens is 246 g/mol. The summed E-state index contributed by atoms with van der Waals surface area (Å²) in [6, 6.07) is 7.59. The average molecular weight is 259 g/mol. The molecule has 0 aliphatic rings. The number of nitrogens with one attached hydrogen (secondary N) is 1. The van der Waals surface area contributed by atoms with Gasteiger partial charge in [-0.05, 0) is 20.2 Å². The Morgan fingerprint density at radius 2 is 2.00 bits per heavy atom. The molecule has 0 spiro atoms. The molecule has 18 heavy (non-hydrogen) atoms. The Labute approximate surface area is 108 Å². The summed E-state index contributed by atoms with van der Waals surface area (Å²) in [5.74, 6) is 0. The van der Waals surface area contributed by atoms with Gasteiger partial charge >= 0.3 is 0 Å². The maximum atomic E-state index is 11.9. The fraction of sp³-hybridized carbons (Fsp3) is 0.231. The molecule has 2 aromatic heterocycles. The van der Waals surface area contributed by atoms with Crippen LogP contribution >= 0.6 is 11.3 Å². The topological polar surface area (TPSA) is 49.0 Å². The van der Waals surface area contributed by atoms with Crippen LogP contribution in [-0.4, -0.2) is 29.0 Å². The summed E-state index contributed by atoms with van der Waals surface area (Å²) in [4.78, 5) is 22.4. The number of rotatable bonds is 2. The van der Waals surface area contributed by atoms with Crippen molar-refractivity contribution >= 4 is 32.5 Å². The van der Waals surface area contributed by atoms with Crippen molar-refractivity contribution < 1.29 is 0 Å². The largest absolute Gasteiger partial charge is 0.312 e. The normalized spacial score (nSPS) is 11.7. The summed E-state index contributed by atoms with van der Waals surface area (Å²) < 4.78 is 0. The summed E-state index contributed by atoms with van der Waals surface area (Å²) in [5.41, 5.74) is 0.852. The van der Waals surface area contributed by atoms with Gasteiger partial charge in [-0.3, -0.25) is 4.79 Å². The first-order valence-corrected chi connectivity index (χ1v) is 6.52. The first-order chi connectivity index (χ1) is 8.65. The summed E-state index contributed by atoms with van der Waals surface area (Å²) in [6.45, 7) is 0.787. The molecule has 1 N–H and O–H groups in total. The van der Waals surface area contributed by atoms with Crippen LogP contribution in [0.3, 0.4) is 0 Å². The van der Waals surface area contributed by atoms with Crippen LogP contribution in [-0.2, 0) is 6.54 Å². The zero-order valence-electron chi connectivity index (χ0n) is 10.2. The van der Waals surface area contributed by atoms with Crippen LogP contribution in [0.2, 0.25) is 0 Å². The minimum Gasteiger partial charge on any atom is -0.312 e. The lowest BCUT2D eigenvalue weighted by molar-refractivity contribution is 0.402. The van der Waals surface area contributed by atoms with Crippen molar-refractivity contribution in [2.75, 3.05) is 14.1 Å². The molecule has 3 rings (SSSR count). The van der Waals surface area contributed by atoms with E-state index in [9.17, 15) is 4.79 Å². The van der Waals surface area contributed by atoms with Crippen LogP contribution in [0.25, 0.3) is 21.1 Å². The number of aromatic nitrogens is 2. The molecule has 92 valence electrons. The van der Waals surface area contributed by atoms with Crippen LogP contribution in [0, 0.1) is 0 Å². The number of benzene rings is 1. The maximum absolute atomic E-state index is 11.9. The highest BCUT2D eigenvalue weighted by molar-refractivity contribution is 7.18. The highest BCUT2D eigenvalue weighted by Crippen LogP contribution is 2.25. The standard InChI is InChI=1S/C13H13N3OS/c1-16(2)7-10-14-11-8-5-3-4-6-9(8)12(17)15-13(11)18-10/h3-6H,7H2,1-2H3,(H,15,17). The van der Waals surface area contributed by atoms with Crippen LogP contribution in [0.5, 0.6) is 0 Å². The van der Waals surface area contributed by atoms with Crippen molar-refractivity contribution in [2.45, 2.75) is 6.54 Å². The Kier molecular flexibility index (Phi) is 2.65. The van der Waals surface area contributed by atoms with E-state index in [1.807, 2.05) is 38.4 Å². The Morgan fingerprint density at radius 3 is 2.72 bits per heavy atom. The van der Waals surface area contributed by atoms with E-state index < -0.39 is 0 Å². The van der Waals surface area contributed by atoms with E-state index in [-0.39, 0.29) is 5.56 Å². The summed E-state index contributed by atoms with van der Waals surface area (Å²) in [7, 11) is 4.01. The molecule has 0 saturated heterocycles. The van der Waals surface area contributed by atoms with Gasteiger partial charge in [0, 0.05) is 17.3 Å². The fourth-order valence-corrected chi connectivity index (χ4v) is 3.12. The number of pyridine rings is 1. The molecular formula is C13H13N3OS. The van der Waals surface area contributed by atoms with Gasteiger partial charge in [0.15, 0.2) is 0 Å². The summed E-state index contributed by atoms with van der Waals surface area (Å²) in [5, 5.41) is 2.64. The molecule has 4 nitrogen and oxygen atoms in total. The van der Waals surface area contributed by atoms with Gasteiger partial charge in [-0.1, -0.05) is 29.5 Å². The van der Waals surface area contributed by atoms with Crippen LogP contribution < -0.4 is 5.56 Å². The molecule has 5 heteroatoms. The first kappa shape index (κ1) is 11.4. The molecule has 0 atom stereocenters. The van der Waals surface area contributed by atoms with Gasteiger partial charge in [-0.25, -0.2) is 4.98 Å². The van der Waals surface area contributed by atoms with E-state index in [2.05, 4.69) is 14.9 Å². The number of thiazole rings is 1. The van der Waals surface area contributed by atoms with Gasteiger partial charge in [-0.2, -0.15) is 0 Å². The van der Waals surface area contributed by atoms with Crippen molar-refractivity contribution in [1.82, 2.24) is 14.9 Å². The Balaban J connectivity index is 2.33. The van der Waals surface area contributed by atoms with E-state index in [1.54, 1.807) is 11.3 Å². The third kappa shape index (κ3) is 1.81. The maximum Gasteiger partial charge on any atom is 0.257 e. The molecule has 0 bridgehead atoms. The fourth-order valence-electron chi connectivity index (χ4n) is 2.03. The number of H-pyrrole nitrogens is 1. The SMILES string of the molecule is CN(C)Cc1nc2c([nH]c(=O)c3ccccc32)s1. The first-order valence-electron chi connectivity index (χ1n) is 5.70.